The maximum atomic E-state index is 5.49. The van der Waals surface area contributed by atoms with Crippen molar-refractivity contribution in [2.24, 2.45) is 10.9 Å². The number of hydrogen-bond donors (Lipinski definition) is 1. The molecule has 0 saturated carbocycles. The van der Waals surface area contributed by atoms with Crippen LogP contribution in [0.15, 0.2) is 23.3 Å². The van der Waals surface area contributed by atoms with E-state index in [0.717, 1.165) is 44.1 Å². The molecule has 1 aromatic rings. The van der Waals surface area contributed by atoms with Gasteiger partial charge in [-0.05, 0) is 18.4 Å². The van der Waals surface area contributed by atoms with Crippen LogP contribution in [0.2, 0.25) is 0 Å². The predicted molar refractivity (Wildman–Crippen MR) is 107 cm³/mol. The summed E-state index contributed by atoms with van der Waals surface area (Å²) in [5.41, 5.74) is 1.10. The molecular weight excluding hydrogens is 419 g/mol. The van der Waals surface area contributed by atoms with Gasteiger partial charge in [-0.1, -0.05) is 13.0 Å². The second-order valence-electron chi connectivity index (χ2n) is 5.86. The van der Waals surface area contributed by atoms with Crippen LogP contribution in [0.4, 0.5) is 0 Å². The molecule has 2 heterocycles. The fourth-order valence-electron chi connectivity index (χ4n) is 2.57. The van der Waals surface area contributed by atoms with E-state index >= 15 is 0 Å². The minimum atomic E-state index is 0. The normalized spacial score (nSPS) is 17.3. The van der Waals surface area contributed by atoms with E-state index in [1.165, 1.54) is 0 Å². The fourth-order valence-corrected chi connectivity index (χ4v) is 2.57. The number of halogens is 1. The molecule has 1 saturated heterocycles. The predicted octanol–water partition coefficient (Wildman–Crippen LogP) is 2.53. The molecule has 7 heteroatoms. The van der Waals surface area contributed by atoms with E-state index in [9.17, 15) is 0 Å². The molecule has 1 fully saturated rings. The molecule has 0 bridgehead atoms. The van der Waals surface area contributed by atoms with E-state index in [1.807, 2.05) is 25.4 Å². The molecule has 0 radical (unpaired) electrons. The molecule has 1 aliphatic rings. The van der Waals surface area contributed by atoms with Gasteiger partial charge in [-0.15, -0.1) is 24.0 Å². The van der Waals surface area contributed by atoms with Crippen LogP contribution in [0.25, 0.3) is 0 Å². The van der Waals surface area contributed by atoms with Gasteiger partial charge in [-0.3, -0.25) is 4.99 Å². The van der Waals surface area contributed by atoms with Gasteiger partial charge in [0.25, 0.3) is 0 Å². The summed E-state index contributed by atoms with van der Waals surface area (Å²) in [4.78, 5) is 10.8. The second-order valence-corrected chi connectivity index (χ2v) is 5.86. The van der Waals surface area contributed by atoms with Crippen molar-refractivity contribution in [1.29, 1.82) is 0 Å². The van der Waals surface area contributed by atoms with Crippen LogP contribution in [-0.4, -0.2) is 56.3 Å². The van der Waals surface area contributed by atoms with E-state index in [0.29, 0.717) is 24.9 Å². The van der Waals surface area contributed by atoms with Gasteiger partial charge in [-0.2, -0.15) is 0 Å². The molecule has 0 spiro atoms. The molecule has 1 unspecified atom stereocenters. The quantitative estimate of drug-likeness (QED) is 0.395. The third kappa shape index (κ3) is 6.80. The minimum absolute atomic E-state index is 0. The Kier molecular flexibility index (Phi) is 10.0. The topological polar surface area (TPSA) is 59.0 Å². The molecule has 0 aliphatic carbocycles. The maximum Gasteiger partial charge on any atom is 0.213 e. The number of pyridine rings is 1. The summed E-state index contributed by atoms with van der Waals surface area (Å²) < 4.78 is 10.9. The molecular formula is C17H29IN4O2. The zero-order valence-electron chi connectivity index (χ0n) is 14.8. The molecule has 0 aromatic carbocycles. The van der Waals surface area contributed by atoms with E-state index in [4.69, 9.17) is 9.47 Å². The molecule has 1 N–H and O–H groups in total. The van der Waals surface area contributed by atoms with Gasteiger partial charge in [0.15, 0.2) is 5.96 Å². The SMILES string of the molecule is CCCOc1ccc(CNC(=NC)N(C)CC2CCOC2)cn1.I. The Bertz CT molecular complexity index is 490. The van der Waals surface area contributed by atoms with Crippen molar-refractivity contribution in [3.63, 3.8) is 0 Å². The molecule has 136 valence electrons. The third-order valence-corrected chi connectivity index (χ3v) is 3.83. The monoisotopic (exact) mass is 448 g/mol. The van der Waals surface area contributed by atoms with Crippen LogP contribution in [0.3, 0.4) is 0 Å². The Morgan fingerprint density at radius 1 is 1.50 bits per heavy atom. The Balaban J connectivity index is 0.00000288. The van der Waals surface area contributed by atoms with Crippen LogP contribution in [0.5, 0.6) is 5.88 Å². The number of nitrogens with zero attached hydrogens (tertiary/aromatic N) is 3. The average Bonchev–Trinajstić information content (AvgIpc) is 3.07. The lowest BCUT2D eigenvalue weighted by atomic mass is 10.1. The highest BCUT2D eigenvalue weighted by molar-refractivity contribution is 14.0. The van der Waals surface area contributed by atoms with Gasteiger partial charge >= 0.3 is 0 Å². The Morgan fingerprint density at radius 3 is 2.92 bits per heavy atom. The smallest absolute Gasteiger partial charge is 0.213 e. The fraction of sp³-hybridized carbons (Fsp3) is 0.647. The van der Waals surface area contributed by atoms with Gasteiger partial charge < -0.3 is 19.7 Å². The van der Waals surface area contributed by atoms with Gasteiger partial charge in [0.05, 0.1) is 13.2 Å². The van der Waals surface area contributed by atoms with Crippen molar-refractivity contribution < 1.29 is 9.47 Å². The second kappa shape index (κ2) is 11.5. The number of rotatable bonds is 7. The van der Waals surface area contributed by atoms with Crippen LogP contribution in [0, 0.1) is 5.92 Å². The number of guanidine groups is 1. The molecule has 1 aromatic heterocycles. The van der Waals surface area contributed by atoms with Crippen LogP contribution < -0.4 is 10.1 Å². The molecule has 6 nitrogen and oxygen atoms in total. The summed E-state index contributed by atoms with van der Waals surface area (Å²) in [5.74, 6) is 2.16. The highest BCUT2D eigenvalue weighted by Crippen LogP contribution is 2.13. The van der Waals surface area contributed by atoms with Crippen LogP contribution in [0.1, 0.15) is 25.3 Å². The van der Waals surface area contributed by atoms with Crippen LogP contribution >= 0.6 is 24.0 Å². The summed E-state index contributed by atoms with van der Waals surface area (Å²) in [6.07, 6.45) is 3.96. The lowest BCUT2D eigenvalue weighted by Gasteiger charge is -2.24. The summed E-state index contributed by atoms with van der Waals surface area (Å²) >= 11 is 0. The zero-order valence-corrected chi connectivity index (χ0v) is 17.2. The first-order chi connectivity index (χ1) is 11.2. The molecule has 0 amide bonds. The summed E-state index contributed by atoms with van der Waals surface area (Å²) in [6.45, 7) is 6.17. The first kappa shape index (κ1) is 21.0. The van der Waals surface area contributed by atoms with E-state index in [1.54, 1.807) is 0 Å². The first-order valence-corrected chi connectivity index (χ1v) is 8.30. The number of aliphatic imine (C=N–C) groups is 1. The Labute approximate surface area is 162 Å². The van der Waals surface area contributed by atoms with Gasteiger partial charge in [0, 0.05) is 52.0 Å². The largest absolute Gasteiger partial charge is 0.478 e. The lowest BCUT2D eigenvalue weighted by Crippen LogP contribution is -2.41. The van der Waals surface area contributed by atoms with Gasteiger partial charge in [0.2, 0.25) is 5.88 Å². The molecule has 1 atom stereocenters. The van der Waals surface area contributed by atoms with Crippen molar-refractivity contribution in [1.82, 2.24) is 15.2 Å². The highest BCUT2D eigenvalue weighted by atomic mass is 127. The number of nitrogens with one attached hydrogen (secondary N) is 1. The van der Waals surface area contributed by atoms with E-state index in [2.05, 4.69) is 34.2 Å². The number of hydrogen-bond acceptors (Lipinski definition) is 4. The maximum absolute atomic E-state index is 5.49. The Morgan fingerprint density at radius 2 is 2.33 bits per heavy atom. The molecule has 2 rings (SSSR count). The highest BCUT2D eigenvalue weighted by Gasteiger charge is 2.18. The molecule has 1 aliphatic heterocycles. The standard InChI is InChI=1S/C17H28N4O2.HI/c1-4-8-23-16-6-5-14(10-19-16)11-20-17(18-2)21(3)12-15-7-9-22-13-15;/h5-6,10,15H,4,7-9,11-13H2,1-3H3,(H,18,20);1H. The first-order valence-electron chi connectivity index (χ1n) is 8.30. The Hall–Kier alpha value is -1.09. The summed E-state index contributed by atoms with van der Waals surface area (Å²) in [6, 6.07) is 3.94. The van der Waals surface area contributed by atoms with Crippen LogP contribution in [-0.2, 0) is 11.3 Å². The van der Waals surface area contributed by atoms with Gasteiger partial charge in [-0.25, -0.2) is 4.98 Å². The van der Waals surface area contributed by atoms with Gasteiger partial charge in [0.1, 0.15) is 0 Å². The van der Waals surface area contributed by atoms with Crippen molar-refractivity contribution in [3.05, 3.63) is 23.9 Å². The lowest BCUT2D eigenvalue weighted by molar-refractivity contribution is 0.181. The van der Waals surface area contributed by atoms with Crippen molar-refractivity contribution in [2.75, 3.05) is 40.5 Å². The molecule has 24 heavy (non-hydrogen) atoms. The summed E-state index contributed by atoms with van der Waals surface area (Å²) in [7, 11) is 3.87. The van der Waals surface area contributed by atoms with Crippen molar-refractivity contribution in [2.45, 2.75) is 26.3 Å². The average molecular weight is 448 g/mol. The number of ether oxygens (including phenoxy) is 2. The number of aromatic nitrogens is 1. The third-order valence-electron chi connectivity index (χ3n) is 3.83. The van der Waals surface area contributed by atoms with Crippen molar-refractivity contribution >= 4 is 29.9 Å². The van der Waals surface area contributed by atoms with Crippen molar-refractivity contribution in [3.8, 4) is 5.88 Å². The van der Waals surface area contributed by atoms with E-state index < -0.39 is 0 Å². The van der Waals surface area contributed by atoms with E-state index in [-0.39, 0.29) is 24.0 Å². The summed E-state index contributed by atoms with van der Waals surface area (Å²) in [5, 5.41) is 3.38. The zero-order chi connectivity index (χ0) is 16.5. The minimum Gasteiger partial charge on any atom is -0.478 e.